The van der Waals surface area contributed by atoms with Crippen LogP contribution in [0.15, 0.2) is 28.7 Å². The topological polar surface area (TPSA) is 138 Å². The molecule has 3 aromatic rings. The van der Waals surface area contributed by atoms with E-state index in [2.05, 4.69) is 9.97 Å². The second-order valence-electron chi connectivity index (χ2n) is 8.13. The number of halogens is 1. The molecule has 0 bridgehead atoms. The van der Waals surface area contributed by atoms with E-state index in [0.29, 0.717) is 48.7 Å². The predicted octanol–water partition coefficient (Wildman–Crippen LogP) is 1.82. The minimum absolute atomic E-state index is 0.158. The number of ether oxygens (including phenoxy) is 1. The van der Waals surface area contributed by atoms with Gasteiger partial charge in [0.25, 0.3) is 0 Å². The SMILES string of the molecule is O=[N+]([O-])c1ccc(C=Cc2nc(N3C[C@H](O)[C@@H](O)C3)c3cc(N4CCOCC4)c(F)cc3n2)o1. The zero-order valence-corrected chi connectivity index (χ0v) is 18.0. The highest BCUT2D eigenvalue weighted by atomic mass is 19.1. The Hall–Kier alpha value is -3.61. The van der Waals surface area contributed by atoms with E-state index in [1.807, 2.05) is 4.90 Å². The summed E-state index contributed by atoms with van der Waals surface area (Å²) in [7, 11) is 0. The molecule has 2 aliphatic heterocycles. The first-order chi connectivity index (χ1) is 16.4. The number of β-amino-alcohol motifs (C(OH)–C–C–N with tert-alkyl or cyclic N) is 2. The minimum atomic E-state index is -0.938. The maximum Gasteiger partial charge on any atom is 0.433 e. The molecule has 4 heterocycles. The van der Waals surface area contributed by atoms with Gasteiger partial charge in [-0.1, -0.05) is 0 Å². The number of nitrogens with zero attached hydrogens (tertiary/aromatic N) is 5. The molecule has 11 nitrogen and oxygen atoms in total. The van der Waals surface area contributed by atoms with Crippen LogP contribution < -0.4 is 9.80 Å². The van der Waals surface area contributed by atoms with Crippen LogP contribution in [0.5, 0.6) is 0 Å². The predicted molar refractivity (Wildman–Crippen MR) is 121 cm³/mol. The summed E-state index contributed by atoms with van der Waals surface area (Å²) in [5.74, 6) is 0.0728. The molecule has 0 aliphatic carbocycles. The Bertz CT molecular complexity index is 1250. The number of furan rings is 1. The molecule has 12 heteroatoms. The molecular weight excluding hydrogens is 449 g/mol. The van der Waals surface area contributed by atoms with Crippen molar-refractivity contribution >= 4 is 40.4 Å². The Kier molecular flexibility index (Phi) is 5.86. The molecule has 2 fully saturated rings. The van der Waals surface area contributed by atoms with Crippen molar-refractivity contribution in [1.82, 2.24) is 9.97 Å². The van der Waals surface area contributed by atoms with Crippen molar-refractivity contribution in [2.45, 2.75) is 12.2 Å². The van der Waals surface area contributed by atoms with Crippen LogP contribution in [-0.4, -0.2) is 76.7 Å². The first-order valence-corrected chi connectivity index (χ1v) is 10.8. The lowest BCUT2D eigenvalue weighted by atomic mass is 10.1. The summed E-state index contributed by atoms with van der Waals surface area (Å²) in [5, 5.41) is 31.6. The van der Waals surface area contributed by atoms with Gasteiger partial charge in [0, 0.05) is 37.6 Å². The van der Waals surface area contributed by atoms with E-state index in [4.69, 9.17) is 9.15 Å². The van der Waals surface area contributed by atoms with Crippen molar-refractivity contribution in [2.75, 3.05) is 49.2 Å². The number of fused-ring (bicyclic) bond motifs is 1. The molecule has 0 unspecified atom stereocenters. The molecule has 1 aromatic carbocycles. The summed E-state index contributed by atoms with van der Waals surface area (Å²) in [6.07, 6.45) is 1.10. The van der Waals surface area contributed by atoms with Crippen LogP contribution in [0.4, 0.5) is 21.8 Å². The monoisotopic (exact) mass is 471 g/mol. The van der Waals surface area contributed by atoms with Crippen LogP contribution >= 0.6 is 0 Å². The minimum Gasteiger partial charge on any atom is -0.401 e. The number of aliphatic hydroxyl groups excluding tert-OH is 2. The van der Waals surface area contributed by atoms with E-state index < -0.39 is 28.8 Å². The molecule has 0 amide bonds. The number of hydrogen-bond acceptors (Lipinski definition) is 10. The third-order valence-electron chi connectivity index (χ3n) is 5.86. The number of anilines is 2. The zero-order chi connectivity index (χ0) is 23.8. The van der Waals surface area contributed by atoms with Gasteiger partial charge in [-0.15, -0.1) is 0 Å². The quantitative estimate of drug-likeness (QED) is 0.418. The van der Waals surface area contributed by atoms with Gasteiger partial charge in [0.05, 0.1) is 42.7 Å². The van der Waals surface area contributed by atoms with Crippen molar-refractivity contribution in [2.24, 2.45) is 0 Å². The fourth-order valence-electron chi connectivity index (χ4n) is 4.13. The van der Waals surface area contributed by atoms with E-state index in [1.54, 1.807) is 11.0 Å². The third kappa shape index (κ3) is 4.30. The van der Waals surface area contributed by atoms with Gasteiger partial charge < -0.3 is 29.2 Å². The van der Waals surface area contributed by atoms with E-state index >= 15 is 4.39 Å². The zero-order valence-electron chi connectivity index (χ0n) is 18.0. The lowest BCUT2D eigenvalue weighted by Crippen LogP contribution is -2.36. The second-order valence-corrected chi connectivity index (χ2v) is 8.13. The molecule has 178 valence electrons. The molecule has 2 saturated heterocycles. The van der Waals surface area contributed by atoms with Gasteiger partial charge in [0.1, 0.15) is 22.3 Å². The van der Waals surface area contributed by atoms with Crippen molar-refractivity contribution in [3.63, 3.8) is 0 Å². The largest absolute Gasteiger partial charge is 0.433 e. The van der Waals surface area contributed by atoms with E-state index in [9.17, 15) is 20.3 Å². The van der Waals surface area contributed by atoms with Crippen LogP contribution in [0.25, 0.3) is 23.1 Å². The van der Waals surface area contributed by atoms with Crippen LogP contribution in [-0.2, 0) is 4.74 Å². The highest BCUT2D eigenvalue weighted by molar-refractivity contribution is 5.93. The van der Waals surface area contributed by atoms with Gasteiger partial charge in [-0.25, -0.2) is 14.4 Å². The van der Waals surface area contributed by atoms with Gasteiger partial charge in [-0.3, -0.25) is 10.1 Å². The molecule has 2 aliphatic rings. The third-order valence-corrected chi connectivity index (χ3v) is 5.86. The second kappa shape index (κ2) is 8.97. The van der Waals surface area contributed by atoms with Gasteiger partial charge in [-0.05, 0) is 24.3 Å². The molecule has 5 rings (SSSR count). The molecule has 0 saturated carbocycles. The smallest absolute Gasteiger partial charge is 0.401 e. The molecule has 2 aromatic heterocycles. The molecule has 34 heavy (non-hydrogen) atoms. The standard InChI is InChI=1S/C22H22FN5O6/c23-15-10-16-14(9-17(15)26-5-7-33-8-6-26)22(27-11-18(29)19(30)12-27)25-20(24-16)3-1-13-2-4-21(34-13)28(31)32/h1-4,9-10,18-19,29-30H,5-8,11-12H2/t18-,19-/m0/s1. The number of morpholine rings is 1. The number of benzene rings is 1. The first-order valence-electron chi connectivity index (χ1n) is 10.8. The fourth-order valence-corrected chi connectivity index (χ4v) is 4.13. The lowest BCUT2D eigenvalue weighted by Gasteiger charge is -2.29. The van der Waals surface area contributed by atoms with Crippen LogP contribution in [0.3, 0.4) is 0 Å². The Morgan fingerprint density at radius 3 is 2.50 bits per heavy atom. The maximum absolute atomic E-state index is 15.1. The summed E-state index contributed by atoms with van der Waals surface area (Å²) < 4.78 is 25.6. The molecule has 2 N–H and O–H groups in total. The van der Waals surface area contributed by atoms with Crippen LogP contribution in [0.1, 0.15) is 11.6 Å². The summed E-state index contributed by atoms with van der Waals surface area (Å²) in [6.45, 7) is 2.42. The maximum atomic E-state index is 15.1. The average Bonchev–Trinajstić information content (AvgIpc) is 3.44. The Morgan fingerprint density at radius 2 is 1.82 bits per heavy atom. The number of hydrogen-bond donors (Lipinski definition) is 2. The van der Waals surface area contributed by atoms with Gasteiger partial charge >= 0.3 is 5.88 Å². The average molecular weight is 471 g/mol. The normalized spacial score (nSPS) is 21.1. The fraction of sp³-hybridized carbons (Fsp3) is 0.364. The number of rotatable bonds is 5. The summed E-state index contributed by atoms with van der Waals surface area (Å²) in [4.78, 5) is 22.8. The number of aromatic nitrogens is 2. The van der Waals surface area contributed by atoms with Gasteiger partial charge in [0.15, 0.2) is 5.82 Å². The van der Waals surface area contributed by atoms with Gasteiger partial charge in [0.2, 0.25) is 0 Å². The number of nitro groups is 1. The molecule has 0 spiro atoms. The van der Waals surface area contributed by atoms with E-state index in [-0.39, 0.29) is 24.7 Å². The van der Waals surface area contributed by atoms with Crippen LogP contribution in [0, 0.1) is 15.9 Å². The Labute approximate surface area is 192 Å². The Morgan fingerprint density at radius 1 is 1.09 bits per heavy atom. The van der Waals surface area contributed by atoms with E-state index in [1.165, 1.54) is 30.4 Å². The lowest BCUT2D eigenvalue weighted by molar-refractivity contribution is -0.402. The van der Waals surface area contributed by atoms with Gasteiger partial charge in [-0.2, -0.15) is 0 Å². The Balaban J connectivity index is 1.57. The van der Waals surface area contributed by atoms with Crippen molar-refractivity contribution in [1.29, 1.82) is 0 Å². The summed E-state index contributed by atoms with van der Waals surface area (Å²) in [6, 6.07) is 5.70. The molecule has 0 radical (unpaired) electrons. The highest BCUT2D eigenvalue weighted by Gasteiger charge is 2.32. The summed E-state index contributed by atoms with van der Waals surface area (Å²) in [5.41, 5.74) is 0.757. The summed E-state index contributed by atoms with van der Waals surface area (Å²) >= 11 is 0. The molecular formula is C22H22FN5O6. The van der Waals surface area contributed by atoms with Crippen molar-refractivity contribution < 1.29 is 28.7 Å². The van der Waals surface area contributed by atoms with E-state index in [0.717, 1.165) is 0 Å². The molecule has 2 atom stereocenters. The van der Waals surface area contributed by atoms with Crippen molar-refractivity contribution in [3.05, 3.63) is 51.8 Å². The number of aliphatic hydroxyl groups is 2. The van der Waals surface area contributed by atoms with Crippen molar-refractivity contribution in [3.8, 4) is 0 Å². The van der Waals surface area contributed by atoms with Crippen LogP contribution in [0.2, 0.25) is 0 Å². The highest BCUT2D eigenvalue weighted by Crippen LogP contribution is 2.33. The first kappa shape index (κ1) is 22.2.